The molecule has 4 rings (SSSR count). The second kappa shape index (κ2) is 10.0. The van der Waals surface area contributed by atoms with Crippen molar-refractivity contribution >= 4 is 28.3 Å². The molecule has 1 fully saturated rings. The van der Waals surface area contributed by atoms with Gasteiger partial charge in [0.1, 0.15) is 0 Å². The number of rotatable bonds is 8. The highest BCUT2D eigenvalue weighted by Crippen LogP contribution is 2.30. The summed E-state index contributed by atoms with van der Waals surface area (Å²) in [5.74, 6) is -0.727. The van der Waals surface area contributed by atoms with Gasteiger partial charge >= 0.3 is 0 Å². The fraction of sp³-hybridized carbons (Fsp3) is 0.393. The van der Waals surface area contributed by atoms with Gasteiger partial charge in [0.15, 0.2) is 11.5 Å². The highest BCUT2D eigenvalue weighted by Gasteiger charge is 2.37. The molecule has 0 spiro atoms. The Labute approximate surface area is 210 Å². The molecule has 0 aliphatic heterocycles. The number of aliphatic hydroxyl groups excluding tert-OH is 1. The fourth-order valence-corrected chi connectivity index (χ4v) is 4.56. The molecule has 36 heavy (non-hydrogen) atoms. The van der Waals surface area contributed by atoms with Crippen LogP contribution in [0.25, 0.3) is 10.9 Å². The van der Waals surface area contributed by atoms with Gasteiger partial charge in [-0.05, 0) is 42.0 Å². The summed E-state index contributed by atoms with van der Waals surface area (Å²) in [5, 5.41) is 35.0. The smallest absolute Gasteiger partial charge is 0.273 e. The van der Waals surface area contributed by atoms with Crippen molar-refractivity contribution in [1.29, 1.82) is 10.7 Å². The first-order chi connectivity index (χ1) is 17.1. The third kappa shape index (κ3) is 5.37. The SMILES string of the molecule is CC(C)(C)[C@H](NC(=O)c1nn(Cc2ccc(C#N)cc2)c2ccccc12)C(=O)CC(=N)C1CC(O)C1. The number of ketones is 1. The van der Waals surface area contributed by atoms with Crippen LogP contribution in [0.5, 0.6) is 0 Å². The Morgan fingerprint density at radius 3 is 2.47 bits per heavy atom. The molecule has 8 nitrogen and oxygen atoms in total. The van der Waals surface area contributed by atoms with Crippen LogP contribution in [0, 0.1) is 28.1 Å². The third-order valence-corrected chi connectivity index (χ3v) is 6.72. The van der Waals surface area contributed by atoms with E-state index in [1.165, 1.54) is 0 Å². The number of nitriles is 1. The Morgan fingerprint density at radius 2 is 1.86 bits per heavy atom. The molecule has 186 valence electrons. The first-order valence-electron chi connectivity index (χ1n) is 12.1. The number of benzene rings is 2. The van der Waals surface area contributed by atoms with Gasteiger partial charge in [0, 0.05) is 23.4 Å². The number of hydrogen-bond donors (Lipinski definition) is 3. The predicted molar refractivity (Wildman–Crippen MR) is 137 cm³/mol. The van der Waals surface area contributed by atoms with E-state index in [1.54, 1.807) is 16.8 Å². The number of Topliss-reactive ketones (excluding diaryl/α,β-unsaturated/α-hetero) is 1. The van der Waals surface area contributed by atoms with Gasteiger partial charge in [0.05, 0.1) is 35.8 Å². The lowest BCUT2D eigenvalue weighted by Crippen LogP contribution is -2.50. The van der Waals surface area contributed by atoms with E-state index in [0.29, 0.717) is 36.0 Å². The Balaban J connectivity index is 1.56. The minimum Gasteiger partial charge on any atom is -0.393 e. The lowest BCUT2D eigenvalue weighted by atomic mass is 9.76. The number of aromatic nitrogens is 2. The van der Waals surface area contributed by atoms with E-state index in [1.807, 2.05) is 57.2 Å². The van der Waals surface area contributed by atoms with Crippen molar-refractivity contribution in [2.45, 2.75) is 58.7 Å². The summed E-state index contributed by atoms with van der Waals surface area (Å²) in [5.41, 5.74) is 2.29. The van der Waals surface area contributed by atoms with E-state index < -0.39 is 23.5 Å². The molecule has 1 atom stereocenters. The van der Waals surface area contributed by atoms with Gasteiger partial charge in [-0.1, -0.05) is 51.1 Å². The van der Waals surface area contributed by atoms with Crippen LogP contribution in [0.2, 0.25) is 0 Å². The predicted octanol–water partition coefficient (Wildman–Crippen LogP) is 3.85. The van der Waals surface area contributed by atoms with Gasteiger partial charge in [-0.15, -0.1) is 0 Å². The monoisotopic (exact) mass is 485 g/mol. The summed E-state index contributed by atoms with van der Waals surface area (Å²) < 4.78 is 1.75. The van der Waals surface area contributed by atoms with Crippen molar-refractivity contribution in [2.24, 2.45) is 11.3 Å². The largest absolute Gasteiger partial charge is 0.393 e. The molecule has 2 aromatic carbocycles. The number of nitrogens with zero attached hydrogens (tertiary/aromatic N) is 3. The third-order valence-electron chi connectivity index (χ3n) is 6.72. The van der Waals surface area contributed by atoms with E-state index in [4.69, 9.17) is 10.7 Å². The summed E-state index contributed by atoms with van der Waals surface area (Å²) in [6.45, 7) is 6.07. The topological polar surface area (TPSA) is 132 Å². The Kier molecular flexibility index (Phi) is 7.04. The maximum atomic E-state index is 13.4. The standard InChI is InChI=1S/C28H31N5O3/c1-28(2,3)26(24(35)14-22(30)19-12-20(34)13-19)31-27(36)25-21-6-4-5-7-23(21)33(32-25)16-18-10-8-17(15-29)9-11-18/h4-11,19-20,26,30,34H,12-14,16H2,1-3H3,(H,31,36)/t19?,20?,26-/m1/s1. The normalized spacial score (nSPS) is 18.2. The number of fused-ring (bicyclic) bond motifs is 1. The van der Waals surface area contributed by atoms with Crippen molar-refractivity contribution < 1.29 is 14.7 Å². The molecule has 1 aliphatic carbocycles. The van der Waals surface area contributed by atoms with Gasteiger partial charge in [-0.2, -0.15) is 10.4 Å². The second-order valence-corrected chi connectivity index (χ2v) is 10.6. The van der Waals surface area contributed by atoms with Crippen LogP contribution >= 0.6 is 0 Å². The van der Waals surface area contributed by atoms with Gasteiger partial charge in [-0.25, -0.2) is 0 Å². The van der Waals surface area contributed by atoms with E-state index in [2.05, 4.69) is 16.5 Å². The number of para-hydroxylation sites is 1. The number of amides is 1. The van der Waals surface area contributed by atoms with Gasteiger partial charge < -0.3 is 15.8 Å². The molecule has 1 saturated carbocycles. The van der Waals surface area contributed by atoms with Crippen LogP contribution in [0.15, 0.2) is 48.5 Å². The summed E-state index contributed by atoms with van der Waals surface area (Å²) in [4.78, 5) is 26.6. The quantitative estimate of drug-likeness (QED) is 0.417. The minimum atomic E-state index is -0.794. The van der Waals surface area contributed by atoms with E-state index in [0.717, 1.165) is 11.1 Å². The fourth-order valence-electron chi connectivity index (χ4n) is 4.56. The first kappa shape index (κ1) is 25.3. The molecule has 1 aliphatic rings. The van der Waals surface area contributed by atoms with Crippen LogP contribution in [-0.4, -0.2) is 44.4 Å². The number of hydrogen-bond acceptors (Lipinski definition) is 6. The lowest BCUT2D eigenvalue weighted by molar-refractivity contribution is -0.122. The van der Waals surface area contributed by atoms with Crippen LogP contribution < -0.4 is 5.32 Å². The van der Waals surface area contributed by atoms with E-state index in [9.17, 15) is 14.7 Å². The molecule has 8 heteroatoms. The minimum absolute atomic E-state index is 0.0481. The van der Waals surface area contributed by atoms with E-state index in [-0.39, 0.29) is 23.8 Å². The Morgan fingerprint density at radius 1 is 1.19 bits per heavy atom. The zero-order valence-electron chi connectivity index (χ0n) is 20.8. The first-order valence-corrected chi connectivity index (χ1v) is 12.1. The average molecular weight is 486 g/mol. The average Bonchev–Trinajstić information content (AvgIpc) is 3.18. The van der Waals surface area contributed by atoms with Crippen molar-refractivity contribution in [3.63, 3.8) is 0 Å². The molecule has 3 aromatic rings. The summed E-state index contributed by atoms with van der Waals surface area (Å²) >= 11 is 0. The molecule has 0 bridgehead atoms. The van der Waals surface area contributed by atoms with Crippen LogP contribution in [0.1, 0.15) is 61.6 Å². The molecule has 0 unspecified atom stereocenters. The number of carbonyl (C=O) groups excluding carboxylic acids is 2. The van der Waals surface area contributed by atoms with Crippen LogP contribution in [-0.2, 0) is 11.3 Å². The van der Waals surface area contributed by atoms with Crippen molar-refractivity contribution in [3.05, 3.63) is 65.4 Å². The van der Waals surface area contributed by atoms with Crippen LogP contribution in [0.4, 0.5) is 0 Å². The Bertz CT molecular complexity index is 1340. The van der Waals surface area contributed by atoms with Crippen molar-refractivity contribution in [3.8, 4) is 6.07 Å². The molecule has 1 heterocycles. The molecule has 1 amide bonds. The molecule has 3 N–H and O–H groups in total. The number of carbonyl (C=O) groups is 2. The molecular weight excluding hydrogens is 454 g/mol. The maximum absolute atomic E-state index is 13.4. The lowest BCUT2D eigenvalue weighted by Gasteiger charge is -2.34. The number of aliphatic hydroxyl groups is 1. The Hall–Kier alpha value is -3.83. The summed E-state index contributed by atoms with van der Waals surface area (Å²) in [7, 11) is 0. The van der Waals surface area contributed by atoms with Crippen molar-refractivity contribution in [1.82, 2.24) is 15.1 Å². The van der Waals surface area contributed by atoms with Gasteiger partial charge in [0.2, 0.25) is 0 Å². The highest BCUT2D eigenvalue weighted by atomic mass is 16.3. The highest BCUT2D eigenvalue weighted by molar-refractivity contribution is 6.09. The molecule has 0 radical (unpaired) electrons. The summed E-state index contributed by atoms with van der Waals surface area (Å²) in [6, 6.07) is 16.0. The summed E-state index contributed by atoms with van der Waals surface area (Å²) in [6.07, 6.45) is 0.590. The van der Waals surface area contributed by atoms with Gasteiger partial charge in [0.25, 0.3) is 5.91 Å². The maximum Gasteiger partial charge on any atom is 0.273 e. The van der Waals surface area contributed by atoms with Gasteiger partial charge in [-0.3, -0.25) is 14.3 Å². The number of nitrogens with one attached hydrogen (secondary N) is 2. The zero-order chi connectivity index (χ0) is 26.0. The molecule has 0 saturated heterocycles. The van der Waals surface area contributed by atoms with Crippen LogP contribution in [0.3, 0.4) is 0 Å². The second-order valence-electron chi connectivity index (χ2n) is 10.6. The van der Waals surface area contributed by atoms with E-state index >= 15 is 0 Å². The van der Waals surface area contributed by atoms with Crippen molar-refractivity contribution in [2.75, 3.05) is 0 Å². The molecule has 1 aromatic heterocycles. The zero-order valence-corrected chi connectivity index (χ0v) is 20.8. The molecular formula is C28H31N5O3.